The summed E-state index contributed by atoms with van der Waals surface area (Å²) in [5, 5.41) is 30.8. The molecule has 0 radical (unpaired) electrons. The van der Waals surface area contributed by atoms with Crippen molar-refractivity contribution in [3.63, 3.8) is 0 Å². The molecular formula is C54H62ClF2N11O4. The quantitative estimate of drug-likeness (QED) is 0.134. The second-order valence-corrected chi connectivity index (χ2v) is 21.5. The van der Waals surface area contributed by atoms with Crippen molar-refractivity contribution in [2.75, 3.05) is 31.1 Å². The molecule has 3 aliphatic heterocycles. The number of benzene rings is 2. The van der Waals surface area contributed by atoms with Crippen molar-refractivity contribution in [3.8, 4) is 28.8 Å². The number of rotatable bonds is 11. The van der Waals surface area contributed by atoms with Gasteiger partial charge in [-0.15, -0.1) is 10.2 Å². The first-order valence-corrected chi connectivity index (χ1v) is 26.3. The van der Waals surface area contributed by atoms with Crippen molar-refractivity contribution in [1.29, 1.82) is 5.26 Å². The van der Waals surface area contributed by atoms with Gasteiger partial charge in [0.15, 0.2) is 11.5 Å². The maximum absolute atomic E-state index is 14.8. The van der Waals surface area contributed by atoms with E-state index in [4.69, 9.17) is 31.4 Å². The first-order chi connectivity index (χ1) is 34.9. The molecule has 1 saturated heterocycles. The van der Waals surface area contributed by atoms with Gasteiger partial charge in [-0.05, 0) is 137 Å². The fourth-order valence-electron chi connectivity index (χ4n) is 12.7. The number of carbonyl (C=O) groups is 2. The zero-order valence-electron chi connectivity index (χ0n) is 41.0. The number of nitrogens with zero attached hydrogens (tertiary/aromatic N) is 10. The Balaban J connectivity index is 0.661. The van der Waals surface area contributed by atoms with Gasteiger partial charge in [0.1, 0.15) is 17.9 Å². The number of amides is 2. The van der Waals surface area contributed by atoms with Crippen LogP contribution in [0.3, 0.4) is 0 Å². The van der Waals surface area contributed by atoms with Crippen LogP contribution in [0.1, 0.15) is 141 Å². The number of aryl methyl sites for hydroxylation is 2. The highest BCUT2D eigenvalue weighted by atomic mass is 35.5. The van der Waals surface area contributed by atoms with Crippen LogP contribution < -0.4 is 19.7 Å². The molecule has 6 aliphatic rings. The third-order valence-electron chi connectivity index (χ3n) is 16.6. The number of ether oxygens (including phenoxy) is 2. The van der Waals surface area contributed by atoms with Crippen LogP contribution in [0.4, 0.5) is 20.3 Å². The van der Waals surface area contributed by atoms with Gasteiger partial charge in [0.05, 0.1) is 35.5 Å². The molecule has 0 atom stereocenters. The average molecular weight is 1000 g/mol. The minimum Gasteiger partial charge on any atom is -0.490 e. The highest BCUT2D eigenvalue weighted by Gasteiger charge is 2.48. The molecular weight excluding hydrogens is 940 g/mol. The van der Waals surface area contributed by atoms with Crippen LogP contribution in [0, 0.1) is 16.7 Å². The van der Waals surface area contributed by atoms with E-state index in [1.807, 2.05) is 11.0 Å². The second kappa shape index (κ2) is 20.1. The van der Waals surface area contributed by atoms with Crippen molar-refractivity contribution in [2.24, 2.45) is 12.5 Å². The van der Waals surface area contributed by atoms with Gasteiger partial charge in [0, 0.05) is 105 Å². The topological polar surface area (TPSA) is 160 Å². The number of carbonyl (C=O) groups excluding carboxylic acids is 2. The molecule has 0 bridgehead atoms. The van der Waals surface area contributed by atoms with Crippen LogP contribution in [0.25, 0.3) is 11.1 Å². The number of hydrogen-bond donors (Lipinski definition) is 1. The van der Waals surface area contributed by atoms with Gasteiger partial charge in [-0.2, -0.15) is 15.5 Å². The van der Waals surface area contributed by atoms with Crippen LogP contribution in [-0.2, 0) is 31.2 Å². The first kappa shape index (κ1) is 48.2. The minimum atomic E-state index is -2.66. The molecule has 11 rings (SSSR count). The molecule has 3 aromatic heterocycles. The molecule has 15 nitrogen and oxygen atoms in total. The van der Waals surface area contributed by atoms with Crippen molar-refractivity contribution in [3.05, 3.63) is 93.5 Å². The average Bonchev–Trinajstić information content (AvgIpc) is 3.99. The number of halogens is 3. The normalized spacial score (nSPS) is 24.6. The van der Waals surface area contributed by atoms with E-state index in [1.54, 1.807) is 67.4 Å². The zero-order valence-corrected chi connectivity index (χ0v) is 41.8. The maximum atomic E-state index is 14.8. The number of nitriles is 1. The number of fused-ring (bicyclic) bond motifs is 2. The first-order valence-electron chi connectivity index (χ1n) is 25.9. The monoisotopic (exact) mass is 1000 g/mol. The molecule has 1 spiro atoms. The predicted octanol–water partition coefficient (Wildman–Crippen LogP) is 9.45. The second-order valence-electron chi connectivity index (χ2n) is 21.1. The van der Waals surface area contributed by atoms with E-state index in [0.29, 0.717) is 64.4 Å². The van der Waals surface area contributed by atoms with E-state index in [9.17, 15) is 18.4 Å². The largest absolute Gasteiger partial charge is 0.490 e. The highest BCUT2D eigenvalue weighted by molar-refractivity contribution is 6.31. The fraction of sp³-hybridized carbons (Fsp3) is 0.537. The van der Waals surface area contributed by atoms with Crippen LogP contribution in [0.5, 0.6) is 11.6 Å². The Kier molecular flexibility index (Phi) is 13.4. The Morgan fingerprint density at radius 3 is 2.38 bits per heavy atom. The molecule has 18 heteroatoms. The summed E-state index contributed by atoms with van der Waals surface area (Å²) in [5.74, 6) is 1.67. The maximum Gasteiger partial charge on any atom is 0.272 e. The smallest absolute Gasteiger partial charge is 0.272 e. The standard InChI is InChI=1S/C54H62ClF2N11O4/c1-33(69)66-23-17-48-45(32-66)52(67-20-3-4-34-24-43(36-30-59-64(2)31-36)44(51(56)57)26-49(34)67)63-68(48)39-15-21-65(22-16-39)38-13-18-54(19-14-38)27-42(28-54)72-50-12-11-47(61-62-50)53(70)60-37-6-9-40(10-7-37)71-41-8-5-35(29-58)46(55)25-41/h5,8,11-12,24-26,30-31,37-40,42,51H,3-4,6-7,9-10,13-23,27-28,32H2,1-2H3,(H,60,70). The van der Waals surface area contributed by atoms with E-state index in [2.05, 4.69) is 41.2 Å². The van der Waals surface area contributed by atoms with Crippen LogP contribution in [0.15, 0.2) is 54.9 Å². The van der Waals surface area contributed by atoms with E-state index < -0.39 is 6.43 Å². The molecule has 0 unspecified atom stereocenters. The van der Waals surface area contributed by atoms with E-state index in [0.717, 1.165) is 106 Å². The summed E-state index contributed by atoms with van der Waals surface area (Å²) in [5.41, 5.74) is 6.19. The van der Waals surface area contributed by atoms with Gasteiger partial charge >= 0.3 is 0 Å². The van der Waals surface area contributed by atoms with E-state index >= 15 is 0 Å². The number of aromatic nitrogens is 6. The fourth-order valence-corrected chi connectivity index (χ4v) is 12.9. The van der Waals surface area contributed by atoms with Gasteiger partial charge in [-0.25, -0.2) is 8.78 Å². The summed E-state index contributed by atoms with van der Waals surface area (Å²) >= 11 is 6.17. The lowest BCUT2D eigenvalue weighted by Crippen LogP contribution is -2.50. The van der Waals surface area contributed by atoms with Crippen molar-refractivity contribution in [1.82, 2.24) is 44.9 Å². The van der Waals surface area contributed by atoms with Gasteiger partial charge < -0.3 is 29.5 Å². The predicted molar refractivity (Wildman–Crippen MR) is 266 cm³/mol. The highest BCUT2D eigenvalue weighted by Crippen LogP contribution is 2.54. The lowest BCUT2D eigenvalue weighted by molar-refractivity contribution is -0.129. The summed E-state index contributed by atoms with van der Waals surface area (Å²) in [6.07, 6.45) is 15.0. The summed E-state index contributed by atoms with van der Waals surface area (Å²) < 4.78 is 45.8. The van der Waals surface area contributed by atoms with Crippen molar-refractivity contribution < 1.29 is 27.8 Å². The third kappa shape index (κ3) is 9.76. The molecule has 378 valence electrons. The minimum absolute atomic E-state index is 0.00780. The van der Waals surface area contributed by atoms with Crippen molar-refractivity contribution in [2.45, 2.75) is 147 Å². The molecule has 2 amide bonds. The number of alkyl halides is 2. The summed E-state index contributed by atoms with van der Waals surface area (Å²) in [6.45, 7) is 5.39. The Morgan fingerprint density at radius 1 is 0.903 bits per heavy atom. The van der Waals surface area contributed by atoms with E-state index in [1.165, 1.54) is 31.4 Å². The third-order valence-corrected chi connectivity index (χ3v) is 16.9. The molecule has 3 saturated carbocycles. The molecule has 5 aromatic rings. The van der Waals surface area contributed by atoms with Gasteiger partial charge in [-0.3, -0.25) is 19.0 Å². The Hall–Kier alpha value is -6.12. The zero-order chi connectivity index (χ0) is 49.7. The number of nitrogens with one attached hydrogen (secondary N) is 1. The van der Waals surface area contributed by atoms with Gasteiger partial charge in [-0.1, -0.05) is 11.6 Å². The van der Waals surface area contributed by atoms with Crippen molar-refractivity contribution >= 4 is 34.9 Å². The summed E-state index contributed by atoms with van der Waals surface area (Å²) in [7, 11) is 1.79. The Labute approximate surface area is 423 Å². The number of piperidine rings is 1. The number of likely N-dealkylation sites (tertiary alicyclic amines) is 1. The molecule has 1 N–H and O–H groups in total. The molecule has 2 aromatic carbocycles. The van der Waals surface area contributed by atoms with Gasteiger partial charge in [0.2, 0.25) is 11.8 Å². The van der Waals surface area contributed by atoms with Gasteiger partial charge in [0.25, 0.3) is 12.3 Å². The lowest BCUT2D eigenvalue weighted by Gasteiger charge is -2.52. The molecule has 3 aliphatic carbocycles. The van der Waals surface area contributed by atoms with Crippen LogP contribution in [0.2, 0.25) is 5.02 Å². The van der Waals surface area contributed by atoms with E-state index in [-0.39, 0.29) is 47.4 Å². The number of anilines is 2. The molecule has 72 heavy (non-hydrogen) atoms. The lowest BCUT2D eigenvalue weighted by atomic mass is 9.58. The SMILES string of the molecule is CC(=O)N1CCc2c(c(N3CCCc4cc(-c5cnn(C)c5)c(C(F)F)cc43)nn2C2CCN(C3CCC4(CC3)CC(Oc3ccc(C(=O)NC5CCC(Oc6ccc(C#N)c(Cl)c6)CC5)nn3)C4)CC2)C1. The molecule has 6 heterocycles. The Bertz CT molecular complexity index is 2850. The Morgan fingerprint density at radius 2 is 1.69 bits per heavy atom. The molecule has 4 fully saturated rings. The number of hydrogen-bond acceptors (Lipinski definition) is 11. The summed E-state index contributed by atoms with van der Waals surface area (Å²) in [4.78, 5) is 32.5. The summed E-state index contributed by atoms with van der Waals surface area (Å²) in [6, 6.07) is 15.0. The van der Waals surface area contributed by atoms with Crippen LogP contribution >= 0.6 is 11.6 Å². The van der Waals surface area contributed by atoms with Crippen LogP contribution in [-0.4, -0.2) is 102 Å².